The van der Waals surface area contributed by atoms with Crippen molar-refractivity contribution in [2.45, 2.75) is 6.42 Å². The predicted octanol–water partition coefficient (Wildman–Crippen LogP) is 1.92. The zero-order valence-electron chi connectivity index (χ0n) is 8.09. The number of halogens is 2. The van der Waals surface area contributed by atoms with Crippen molar-refractivity contribution in [3.05, 3.63) is 34.1 Å². The monoisotopic (exact) mass is 271 g/mol. The molecule has 2 rings (SSSR count). The molecule has 0 bridgehead atoms. The molecule has 0 aliphatic carbocycles. The smallest absolute Gasteiger partial charge is 0.142 e. The Hall–Kier alpha value is -0.740. The van der Waals surface area contributed by atoms with Gasteiger partial charge < -0.3 is 5.32 Å². The number of rotatable bonds is 3. The maximum absolute atomic E-state index is 13.0. The van der Waals surface area contributed by atoms with Crippen LogP contribution >= 0.6 is 15.9 Å². The van der Waals surface area contributed by atoms with Crippen LogP contribution in [0.15, 0.2) is 22.7 Å². The molecular weight excluding hydrogens is 261 g/mol. The molecule has 1 N–H and O–H groups in total. The van der Waals surface area contributed by atoms with E-state index < -0.39 is 0 Å². The van der Waals surface area contributed by atoms with Crippen LogP contribution in [-0.2, 0) is 11.2 Å². The fourth-order valence-corrected chi connectivity index (χ4v) is 2.09. The highest BCUT2D eigenvalue weighted by Gasteiger charge is 2.24. The number of hydrogen-bond acceptors (Lipinski definition) is 2. The van der Waals surface area contributed by atoms with Crippen molar-refractivity contribution in [1.82, 2.24) is 5.32 Å². The van der Waals surface area contributed by atoms with E-state index in [1.165, 1.54) is 12.1 Å². The van der Waals surface area contributed by atoms with Crippen molar-refractivity contribution in [3.8, 4) is 0 Å². The van der Waals surface area contributed by atoms with Crippen molar-refractivity contribution >= 4 is 21.7 Å². The standard InChI is InChI=1S/C11H11BrFNO/c12-9-1-7(2-10(13)4-9)3-11(15)8-5-14-6-8/h1-2,4,8,14H,3,5-6H2. The molecule has 1 aromatic carbocycles. The lowest BCUT2D eigenvalue weighted by molar-refractivity contribution is -0.123. The van der Waals surface area contributed by atoms with E-state index in [1.54, 1.807) is 6.07 Å². The van der Waals surface area contributed by atoms with E-state index in [0.29, 0.717) is 10.9 Å². The highest BCUT2D eigenvalue weighted by Crippen LogP contribution is 2.17. The number of carbonyl (C=O) groups is 1. The van der Waals surface area contributed by atoms with Crippen molar-refractivity contribution < 1.29 is 9.18 Å². The fourth-order valence-electron chi connectivity index (χ4n) is 1.57. The third-order valence-electron chi connectivity index (χ3n) is 2.54. The lowest BCUT2D eigenvalue weighted by Crippen LogP contribution is -2.47. The number of hydrogen-bond donors (Lipinski definition) is 1. The van der Waals surface area contributed by atoms with Crippen molar-refractivity contribution in [1.29, 1.82) is 0 Å². The van der Waals surface area contributed by atoms with Gasteiger partial charge in [-0.3, -0.25) is 4.79 Å². The molecule has 1 aliphatic rings. The average molecular weight is 272 g/mol. The van der Waals surface area contributed by atoms with Crippen LogP contribution in [0, 0.1) is 11.7 Å². The SMILES string of the molecule is O=C(Cc1cc(F)cc(Br)c1)C1CNC1. The maximum atomic E-state index is 13.0. The summed E-state index contributed by atoms with van der Waals surface area (Å²) in [4.78, 5) is 11.6. The Labute approximate surface area is 96.0 Å². The van der Waals surface area contributed by atoms with E-state index >= 15 is 0 Å². The van der Waals surface area contributed by atoms with Gasteiger partial charge in [0, 0.05) is 29.9 Å². The molecule has 1 heterocycles. The first kappa shape index (κ1) is 10.8. The Morgan fingerprint density at radius 2 is 2.20 bits per heavy atom. The lowest BCUT2D eigenvalue weighted by Gasteiger charge is -2.25. The summed E-state index contributed by atoms with van der Waals surface area (Å²) in [5, 5.41) is 3.05. The van der Waals surface area contributed by atoms with Crippen LogP contribution < -0.4 is 5.32 Å². The molecule has 1 aliphatic heterocycles. The minimum Gasteiger partial charge on any atom is -0.315 e. The van der Waals surface area contributed by atoms with E-state index in [4.69, 9.17) is 0 Å². The van der Waals surface area contributed by atoms with Gasteiger partial charge in [0.25, 0.3) is 0 Å². The lowest BCUT2D eigenvalue weighted by atomic mass is 9.93. The molecule has 1 fully saturated rings. The Bertz CT molecular complexity index is 370. The Kier molecular flexibility index (Phi) is 3.17. The summed E-state index contributed by atoms with van der Waals surface area (Å²) >= 11 is 3.21. The summed E-state index contributed by atoms with van der Waals surface area (Å²) < 4.78 is 13.7. The first-order valence-electron chi connectivity index (χ1n) is 4.83. The first-order chi connectivity index (χ1) is 7.15. The summed E-state index contributed by atoms with van der Waals surface area (Å²) in [6.45, 7) is 1.52. The maximum Gasteiger partial charge on any atom is 0.142 e. The van der Waals surface area contributed by atoms with Crippen LogP contribution in [0.1, 0.15) is 5.56 Å². The highest BCUT2D eigenvalue weighted by atomic mass is 79.9. The van der Waals surface area contributed by atoms with Gasteiger partial charge >= 0.3 is 0 Å². The summed E-state index contributed by atoms with van der Waals surface area (Å²) in [7, 11) is 0. The molecule has 0 atom stereocenters. The van der Waals surface area contributed by atoms with Gasteiger partial charge in [-0.2, -0.15) is 0 Å². The molecule has 0 radical (unpaired) electrons. The quantitative estimate of drug-likeness (QED) is 0.910. The van der Waals surface area contributed by atoms with E-state index in [2.05, 4.69) is 21.2 Å². The van der Waals surface area contributed by atoms with Crippen LogP contribution in [-0.4, -0.2) is 18.9 Å². The molecule has 0 saturated carbocycles. The topological polar surface area (TPSA) is 29.1 Å². The summed E-state index contributed by atoms with van der Waals surface area (Å²) in [6.07, 6.45) is 0.322. The highest BCUT2D eigenvalue weighted by molar-refractivity contribution is 9.10. The Balaban J connectivity index is 2.06. The normalized spacial score (nSPS) is 16.1. The van der Waals surface area contributed by atoms with Gasteiger partial charge in [-0.05, 0) is 23.8 Å². The van der Waals surface area contributed by atoms with Crippen molar-refractivity contribution in [2.75, 3.05) is 13.1 Å². The number of nitrogens with one attached hydrogen (secondary N) is 1. The van der Waals surface area contributed by atoms with E-state index in [0.717, 1.165) is 18.7 Å². The Morgan fingerprint density at radius 3 is 2.73 bits per heavy atom. The number of carbonyl (C=O) groups excluding carboxylic acids is 1. The predicted molar refractivity (Wildman–Crippen MR) is 59.2 cm³/mol. The fraction of sp³-hybridized carbons (Fsp3) is 0.364. The molecule has 1 aromatic rings. The van der Waals surface area contributed by atoms with Crippen LogP contribution in [0.3, 0.4) is 0 Å². The van der Waals surface area contributed by atoms with E-state index in [9.17, 15) is 9.18 Å². The van der Waals surface area contributed by atoms with Crippen LogP contribution in [0.4, 0.5) is 4.39 Å². The third-order valence-corrected chi connectivity index (χ3v) is 3.00. The molecule has 80 valence electrons. The zero-order chi connectivity index (χ0) is 10.8. The molecule has 0 amide bonds. The van der Waals surface area contributed by atoms with Gasteiger partial charge in [-0.15, -0.1) is 0 Å². The molecule has 0 aromatic heterocycles. The van der Waals surface area contributed by atoms with Gasteiger partial charge in [0.15, 0.2) is 0 Å². The minimum atomic E-state index is -0.307. The molecule has 1 saturated heterocycles. The second-order valence-electron chi connectivity index (χ2n) is 3.78. The summed E-state index contributed by atoms with van der Waals surface area (Å²) in [5.41, 5.74) is 0.735. The molecule has 4 heteroatoms. The second kappa shape index (κ2) is 4.41. The van der Waals surface area contributed by atoms with Gasteiger partial charge in [-0.25, -0.2) is 4.39 Å². The number of Topliss-reactive ketones (excluding diaryl/α,β-unsaturated/α-hetero) is 1. The van der Waals surface area contributed by atoms with Gasteiger partial charge in [-0.1, -0.05) is 15.9 Å². The zero-order valence-corrected chi connectivity index (χ0v) is 9.68. The third kappa shape index (κ3) is 2.63. The van der Waals surface area contributed by atoms with Crippen LogP contribution in [0.5, 0.6) is 0 Å². The second-order valence-corrected chi connectivity index (χ2v) is 4.69. The molecular formula is C11H11BrFNO. The largest absolute Gasteiger partial charge is 0.315 e. The van der Waals surface area contributed by atoms with Crippen molar-refractivity contribution in [2.24, 2.45) is 5.92 Å². The number of ketones is 1. The summed E-state index contributed by atoms with van der Waals surface area (Å²) in [5.74, 6) is -0.00259. The molecule has 2 nitrogen and oxygen atoms in total. The number of benzene rings is 1. The summed E-state index contributed by atoms with van der Waals surface area (Å²) in [6, 6.07) is 4.58. The minimum absolute atomic E-state index is 0.118. The molecule has 15 heavy (non-hydrogen) atoms. The molecule has 0 spiro atoms. The van der Waals surface area contributed by atoms with Crippen molar-refractivity contribution in [3.63, 3.8) is 0 Å². The Morgan fingerprint density at radius 1 is 1.47 bits per heavy atom. The van der Waals surface area contributed by atoms with E-state index in [1.807, 2.05) is 0 Å². The van der Waals surface area contributed by atoms with Crippen LogP contribution in [0.2, 0.25) is 0 Å². The van der Waals surface area contributed by atoms with Gasteiger partial charge in [0.2, 0.25) is 0 Å². The first-order valence-corrected chi connectivity index (χ1v) is 5.63. The molecule has 0 unspecified atom stereocenters. The van der Waals surface area contributed by atoms with Crippen LogP contribution in [0.25, 0.3) is 0 Å². The average Bonchev–Trinajstić information content (AvgIpc) is 1.96. The van der Waals surface area contributed by atoms with E-state index in [-0.39, 0.29) is 17.5 Å². The van der Waals surface area contributed by atoms with Gasteiger partial charge in [0.05, 0.1) is 0 Å². The van der Waals surface area contributed by atoms with Gasteiger partial charge in [0.1, 0.15) is 11.6 Å².